The summed E-state index contributed by atoms with van der Waals surface area (Å²) in [4.78, 5) is 15.7. The highest BCUT2D eigenvalue weighted by molar-refractivity contribution is 7.92. The van der Waals surface area contributed by atoms with E-state index in [0.29, 0.717) is 17.1 Å². The van der Waals surface area contributed by atoms with Gasteiger partial charge in [-0.15, -0.1) is 0 Å². The molecule has 1 saturated heterocycles. The minimum Gasteiger partial charge on any atom is -0.476 e. The fraction of sp³-hybridized carbons (Fsp3) is 0.321. The molecule has 5 rings (SSSR count). The summed E-state index contributed by atoms with van der Waals surface area (Å²) < 4.78 is 34.5. The molecule has 2 heterocycles. The Bertz CT molecular complexity index is 1350. The number of nitrogens with zero attached hydrogens (tertiary/aromatic N) is 2. The maximum atomic E-state index is 13.6. The van der Waals surface area contributed by atoms with Gasteiger partial charge in [0.05, 0.1) is 17.1 Å². The number of anilines is 3. The Morgan fingerprint density at radius 3 is 2.25 bits per heavy atom. The smallest absolute Gasteiger partial charge is 0.267 e. The Hall–Kier alpha value is -3.52. The number of amides is 1. The van der Waals surface area contributed by atoms with Crippen LogP contribution in [0.4, 0.5) is 17.1 Å². The molecule has 3 aromatic carbocycles. The zero-order chi connectivity index (χ0) is 25.3. The van der Waals surface area contributed by atoms with Crippen molar-refractivity contribution >= 4 is 33.0 Å². The molecule has 36 heavy (non-hydrogen) atoms. The number of carbonyl (C=O) groups is 1. The largest absolute Gasteiger partial charge is 0.476 e. The predicted octanol–water partition coefficient (Wildman–Crippen LogP) is 4.89. The van der Waals surface area contributed by atoms with E-state index in [-0.39, 0.29) is 11.4 Å². The molecule has 0 bridgehead atoms. The maximum Gasteiger partial charge on any atom is 0.267 e. The van der Waals surface area contributed by atoms with Crippen LogP contribution < -0.4 is 19.3 Å². The summed E-state index contributed by atoms with van der Waals surface area (Å²) in [6.07, 6.45) is 2.66. The highest BCUT2D eigenvalue weighted by atomic mass is 32.2. The number of carbonyl (C=O) groups excluding carboxylic acids is 1. The molecule has 1 atom stereocenters. The van der Waals surface area contributed by atoms with Crippen molar-refractivity contribution in [1.29, 1.82) is 0 Å². The lowest BCUT2D eigenvalue weighted by Gasteiger charge is -2.35. The summed E-state index contributed by atoms with van der Waals surface area (Å²) in [5.41, 5.74) is 4.09. The molecule has 2 aliphatic rings. The molecule has 0 unspecified atom stereocenters. The van der Waals surface area contributed by atoms with Crippen molar-refractivity contribution in [2.45, 2.75) is 44.1 Å². The van der Waals surface area contributed by atoms with E-state index < -0.39 is 22.0 Å². The fourth-order valence-electron chi connectivity index (χ4n) is 4.69. The van der Waals surface area contributed by atoms with Gasteiger partial charge >= 0.3 is 0 Å². The van der Waals surface area contributed by atoms with E-state index in [1.54, 1.807) is 36.4 Å². The summed E-state index contributed by atoms with van der Waals surface area (Å²) in [5, 5.41) is 2.90. The number of benzene rings is 3. The molecule has 2 aliphatic heterocycles. The summed E-state index contributed by atoms with van der Waals surface area (Å²) in [5.74, 6) is -0.0285. The second-order valence-corrected chi connectivity index (χ2v) is 11.4. The molecule has 188 valence electrons. The van der Waals surface area contributed by atoms with Crippen molar-refractivity contribution in [1.82, 2.24) is 0 Å². The van der Waals surface area contributed by atoms with Crippen LogP contribution in [-0.4, -0.2) is 40.1 Å². The topological polar surface area (TPSA) is 79.0 Å². The Morgan fingerprint density at radius 1 is 0.889 bits per heavy atom. The van der Waals surface area contributed by atoms with Crippen LogP contribution in [0.3, 0.4) is 0 Å². The molecule has 0 spiro atoms. The number of hydrogen-bond acceptors (Lipinski definition) is 5. The van der Waals surface area contributed by atoms with Gasteiger partial charge in [0.1, 0.15) is 5.75 Å². The number of piperidine rings is 1. The minimum absolute atomic E-state index is 0.121. The third-order valence-electron chi connectivity index (χ3n) is 6.74. The number of fused-ring (bicyclic) bond motifs is 1. The lowest BCUT2D eigenvalue weighted by atomic mass is 10.1. The van der Waals surface area contributed by atoms with Crippen molar-refractivity contribution < 1.29 is 17.9 Å². The van der Waals surface area contributed by atoms with Crippen molar-refractivity contribution in [3.05, 3.63) is 77.9 Å². The van der Waals surface area contributed by atoms with Crippen molar-refractivity contribution in [2.24, 2.45) is 0 Å². The van der Waals surface area contributed by atoms with E-state index in [1.165, 1.54) is 23.6 Å². The Kier molecular flexibility index (Phi) is 6.62. The Balaban J connectivity index is 1.38. The fourth-order valence-corrected chi connectivity index (χ4v) is 6.16. The number of rotatable bonds is 5. The van der Waals surface area contributed by atoms with Gasteiger partial charge in [-0.05, 0) is 87.2 Å². The van der Waals surface area contributed by atoms with Gasteiger partial charge in [0.25, 0.3) is 15.9 Å². The van der Waals surface area contributed by atoms with Gasteiger partial charge in [0, 0.05) is 24.5 Å². The van der Waals surface area contributed by atoms with E-state index in [2.05, 4.69) is 10.2 Å². The van der Waals surface area contributed by atoms with Crippen molar-refractivity contribution in [2.75, 3.05) is 34.2 Å². The summed E-state index contributed by atoms with van der Waals surface area (Å²) in [6, 6.07) is 19.8. The first-order valence-electron chi connectivity index (χ1n) is 12.3. The zero-order valence-corrected chi connectivity index (χ0v) is 21.4. The summed E-state index contributed by atoms with van der Waals surface area (Å²) >= 11 is 0. The summed E-state index contributed by atoms with van der Waals surface area (Å²) in [7, 11) is -3.90. The number of hydrogen-bond donors (Lipinski definition) is 1. The van der Waals surface area contributed by atoms with E-state index in [9.17, 15) is 13.2 Å². The van der Waals surface area contributed by atoms with Crippen molar-refractivity contribution in [3.63, 3.8) is 0 Å². The van der Waals surface area contributed by atoms with Gasteiger partial charge in [-0.1, -0.05) is 23.8 Å². The number of nitrogens with one attached hydrogen (secondary N) is 1. The second-order valence-electron chi connectivity index (χ2n) is 9.51. The number of ether oxygens (including phenoxy) is 1. The molecular formula is C28H31N3O4S. The molecule has 1 amide bonds. The summed E-state index contributed by atoms with van der Waals surface area (Å²) in [6.45, 7) is 5.77. The van der Waals surface area contributed by atoms with Crippen LogP contribution in [0.15, 0.2) is 71.6 Å². The molecule has 0 saturated carbocycles. The number of sulfonamides is 1. The molecule has 8 heteroatoms. The SMILES string of the molecule is Cc1ccc(S(=O)(=O)N2C[C@@H](C(=O)Nc3ccc(N4CCCCC4)cc3)Oc3ccc(C)cc32)cc1. The maximum absolute atomic E-state index is 13.6. The Labute approximate surface area is 212 Å². The van der Waals surface area contributed by atoms with Crippen LogP contribution in [0.5, 0.6) is 5.75 Å². The first kappa shape index (κ1) is 24.2. The molecule has 7 nitrogen and oxygen atoms in total. The minimum atomic E-state index is -3.90. The molecular weight excluding hydrogens is 474 g/mol. The van der Waals surface area contributed by atoms with Gasteiger partial charge in [-0.2, -0.15) is 0 Å². The molecule has 1 N–H and O–H groups in total. The average molecular weight is 506 g/mol. The lowest BCUT2D eigenvalue weighted by molar-refractivity contribution is -0.122. The lowest BCUT2D eigenvalue weighted by Crippen LogP contribution is -2.48. The van der Waals surface area contributed by atoms with Gasteiger partial charge in [-0.3, -0.25) is 9.10 Å². The first-order chi connectivity index (χ1) is 17.3. The van der Waals surface area contributed by atoms with Crippen LogP contribution in [0.2, 0.25) is 0 Å². The van der Waals surface area contributed by atoms with E-state index in [0.717, 1.165) is 29.9 Å². The Morgan fingerprint density at radius 2 is 1.56 bits per heavy atom. The van der Waals surface area contributed by atoms with E-state index >= 15 is 0 Å². The molecule has 1 fully saturated rings. The van der Waals surface area contributed by atoms with E-state index in [1.807, 2.05) is 44.2 Å². The van der Waals surface area contributed by atoms with Crippen LogP contribution in [0.1, 0.15) is 30.4 Å². The van der Waals surface area contributed by atoms with Crippen LogP contribution in [0.25, 0.3) is 0 Å². The van der Waals surface area contributed by atoms with E-state index in [4.69, 9.17) is 4.74 Å². The average Bonchev–Trinajstić information content (AvgIpc) is 2.89. The van der Waals surface area contributed by atoms with Gasteiger partial charge in [0.15, 0.2) is 6.10 Å². The quantitative estimate of drug-likeness (QED) is 0.534. The third kappa shape index (κ3) is 4.91. The third-order valence-corrected chi connectivity index (χ3v) is 8.54. The van der Waals surface area contributed by atoms with Crippen molar-refractivity contribution in [3.8, 4) is 5.75 Å². The van der Waals surface area contributed by atoms with Gasteiger partial charge in [0.2, 0.25) is 0 Å². The normalized spacial score (nSPS) is 17.8. The number of aryl methyl sites for hydroxylation is 2. The van der Waals surface area contributed by atoms with Gasteiger partial charge in [-0.25, -0.2) is 8.42 Å². The highest BCUT2D eigenvalue weighted by Gasteiger charge is 2.37. The monoisotopic (exact) mass is 505 g/mol. The standard InChI is InChI=1S/C28H31N3O4S/c1-20-6-13-24(14-7-20)36(33,34)31-19-27(35-26-15-8-21(2)18-25(26)31)28(32)29-22-9-11-23(12-10-22)30-16-4-3-5-17-30/h6-15,18,27H,3-5,16-17,19H2,1-2H3,(H,29,32)/t27-/m0/s1. The highest BCUT2D eigenvalue weighted by Crippen LogP contribution is 2.38. The van der Waals surface area contributed by atoms with Gasteiger partial charge < -0.3 is 15.0 Å². The van der Waals surface area contributed by atoms with Crippen LogP contribution in [-0.2, 0) is 14.8 Å². The molecule has 0 radical (unpaired) electrons. The molecule has 0 aromatic heterocycles. The molecule has 3 aromatic rings. The van der Waals surface area contributed by atoms with Crippen LogP contribution >= 0.6 is 0 Å². The first-order valence-corrected chi connectivity index (χ1v) is 13.8. The van der Waals surface area contributed by atoms with Crippen LogP contribution in [0, 0.1) is 13.8 Å². The molecule has 0 aliphatic carbocycles. The zero-order valence-electron chi connectivity index (χ0n) is 20.6. The second kappa shape index (κ2) is 9.85. The predicted molar refractivity (Wildman–Crippen MR) is 142 cm³/mol.